The van der Waals surface area contributed by atoms with E-state index < -0.39 is 12.1 Å². The molecular weight excluding hydrogens is 185 g/mol. The van der Waals surface area contributed by atoms with Crippen LogP contribution < -0.4 is 5.73 Å². The van der Waals surface area contributed by atoms with Crippen molar-refractivity contribution in [2.75, 3.05) is 6.61 Å². The quantitative estimate of drug-likeness (QED) is 0.664. The second-order valence-corrected chi connectivity index (χ2v) is 3.25. The summed E-state index contributed by atoms with van der Waals surface area (Å²) in [5.74, 6) is -0.390. The van der Waals surface area contributed by atoms with Crippen LogP contribution in [0.5, 0.6) is 0 Å². The Labute approximate surface area is 82.0 Å². The van der Waals surface area contributed by atoms with Crippen molar-refractivity contribution in [1.29, 1.82) is 0 Å². The topological polar surface area (TPSA) is 66.5 Å². The molecule has 0 heterocycles. The highest BCUT2D eigenvalue weighted by Crippen LogP contribution is 2.18. The predicted octanol–water partition coefficient (Wildman–Crippen LogP) is 0.569. The first-order valence-corrected chi connectivity index (χ1v) is 4.43. The van der Waals surface area contributed by atoms with E-state index in [2.05, 4.69) is 0 Å². The predicted molar refractivity (Wildman–Crippen MR) is 51.0 cm³/mol. The summed E-state index contributed by atoms with van der Waals surface area (Å²) >= 11 is 0. The van der Waals surface area contributed by atoms with Crippen molar-refractivity contribution in [1.82, 2.24) is 0 Å². The minimum Gasteiger partial charge on any atom is -0.395 e. The third kappa shape index (κ3) is 3.06. The van der Waals surface area contributed by atoms with Crippen molar-refractivity contribution in [3.05, 3.63) is 35.6 Å². The Morgan fingerprint density at radius 1 is 1.43 bits per heavy atom. The molecular formula is C10H14FNO2. The molecule has 0 aromatic heterocycles. The van der Waals surface area contributed by atoms with Crippen LogP contribution in [-0.2, 0) is 0 Å². The van der Waals surface area contributed by atoms with Crippen molar-refractivity contribution in [2.24, 2.45) is 5.73 Å². The summed E-state index contributed by atoms with van der Waals surface area (Å²) in [6.45, 7) is -0.188. The van der Waals surface area contributed by atoms with Crippen molar-refractivity contribution < 1.29 is 14.6 Å². The van der Waals surface area contributed by atoms with Crippen LogP contribution in [0.3, 0.4) is 0 Å². The number of hydrogen-bond acceptors (Lipinski definition) is 3. The van der Waals surface area contributed by atoms with Crippen LogP contribution in [0.25, 0.3) is 0 Å². The summed E-state index contributed by atoms with van der Waals surface area (Å²) < 4.78 is 12.8. The summed E-state index contributed by atoms with van der Waals surface area (Å²) in [5, 5.41) is 18.3. The second kappa shape index (κ2) is 5.05. The highest BCUT2D eigenvalue weighted by molar-refractivity contribution is 5.18. The monoisotopic (exact) mass is 199 g/mol. The van der Waals surface area contributed by atoms with Gasteiger partial charge in [-0.05, 0) is 24.1 Å². The molecule has 4 heteroatoms. The lowest BCUT2D eigenvalue weighted by atomic mass is 10.0. The van der Waals surface area contributed by atoms with Crippen LogP contribution in [0.15, 0.2) is 24.3 Å². The van der Waals surface area contributed by atoms with E-state index in [0.717, 1.165) is 0 Å². The van der Waals surface area contributed by atoms with Gasteiger partial charge in [0.15, 0.2) is 0 Å². The van der Waals surface area contributed by atoms with Crippen molar-refractivity contribution in [3.63, 3.8) is 0 Å². The molecule has 3 nitrogen and oxygen atoms in total. The fourth-order valence-corrected chi connectivity index (χ4v) is 1.21. The highest BCUT2D eigenvalue weighted by Gasteiger charge is 2.12. The summed E-state index contributed by atoms with van der Waals surface area (Å²) in [7, 11) is 0. The second-order valence-electron chi connectivity index (χ2n) is 3.25. The lowest BCUT2D eigenvalue weighted by molar-refractivity contribution is 0.140. The minimum atomic E-state index is -0.826. The van der Waals surface area contributed by atoms with Gasteiger partial charge in [0, 0.05) is 6.04 Å². The molecule has 14 heavy (non-hydrogen) atoms. The number of hydrogen-bond donors (Lipinski definition) is 3. The molecule has 78 valence electrons. The van der Waals surface area contributed by atoms with Gasteiger partial charge in [-0.2, -0.15) is 0 Å². The van der Waals surface area contributed by atoms with E-state index in [-0.39, 0.29) is 18.8 Å². The normalized spacial score (nSPS) is 15.1. The van der Waals surface area contributed by atoms with Crippen LogP contribution >= 0.6 is 0 Å². The Morgan fingerprint density at radius 3 is 2.71 bits per heavy atom. The Balaban J connectivity index is 2.64. The average molecular weight is 199 g/mol. The molecule has 4 N–H and O–H groups in total. The standard InChI is InChI=1S/C10H14FNO2/c11-8-3-1-2-7(4-8)10(14)5-9(12)6-13/h1-4,9-10,13-14H,5-6,12H2/t9-,10+/m0/s1. The van der Waals surface area contributed by atoms with Crippen molar-refractivity contribution >= 4 is 0 Å². The van der Waals surface area contributed by atoms with Crippen molar-refractivity contribution in [2.45, 2.75) is 18.6 Å². The molecule has 0 saturated heterocycles. The number of nitrogens with two attached hydrogens (primary N) is 1. The first kappa shape index (κ1) is 11.1. The summed E-state index contributed by atoms with van der Waals surface area (Å²) in [6, 6.07) is 5.24. The largest absolute Gasteiger partial charge is 0.395 e. The van der Waals surface area contributed by atoms with Gasteiger partial charge in [-0.15, -0.1) is 0 Å². The van der Waals surface area contributed by atoms with E-state index in [0.29, 0.717) is 5.56 Å². The molecule has 0 amide bonds. The van der Waals surface area contributed by atoms with E-state index in [4.69, 9.17) is 10.8 Å². The molecule has 0 bridgehead atoms. The lowest BCUT2D eigenvalue weighted by Gasteiger charge is -2.14. The summed E-state index contributed by atoms with van der Waals surface area (Å²) in [5.41, 5.74) is 5.93. The molecule has 2 atom stereocenters. The number of halogens is 1. The van der Waals surface area contributed by atoms with E-state index >= 15 is 0 Å². The molecule has 0 aliphatic rings. The van der Waals surface area contributed by atoms with Crippen LogP contribution in [0, 0.1) is 5.82 Å². The summed E-state index contributed by atoms with van der Waals surface area (Å²) in [4.78, 5) is 0. The smallest absolute Gasteiger partial charge is 0.123 e. The van der Waals surface area contributed by atoms with Gasteiger partial charge in [-0.25, -0.2) is 4.39 Å². The maximum Gasteiger partial charge on any atom is 0.123 e. The van der Waals surface area contributed by atoms with Crippen LogP contribution in [0.1, 0.15) is 18.1 Å². The summed E-state index contributed by atoms with van der Waals surface area (Å²) in [6.07, 6.45) is -0.604. The Kier molecular flexibility index (Phi) is 4.00. The third-order valence-corrected chi connectivity index (χ3v) is 1.99. The van der Waals surface area contributed by atoms with Gasteiger partial charge in [0.25, 0.3) is 0 Å². The molecule has 0 spiro atoms. The Morgan fingerprint density at radius 2 is 2.14 bits per heavy atom. The zero-order valence-electron chi connectivity index (χ0n) is 7.73. The van der Waals surface area contributed by atoms with Crippen LogP contribution in [0.4, 0.5) is 4.39 Å². The lowest BCUT2D eigenvalue weighted by Crippen LogP contribution is -2.26. The fourth-order valence-electron chi connectivity index (χ4n) is 1.21. The Bertz CT molecular complexity index is 293. The third-order valence-electron chi connectivity index (χ3n) is 1.99. The molecule has 0 aliphatic heterocycles. The molecule has 0 aliphatic carbocycles. The van der Waals surface area contributed by atoms with E-state index in [1.165, 1.54) is 18.2 Å². The first-order chi connectivity index (χ1) is 6.63. The van der Waals surface area contributed by atoms with Crippen LogP contribution in [0.2, 0.25) is 0 Å². The van der Waals surface area contributed by atoms with E-state index in [9.17, 15) is 9.50 Å². The van der Waals surface area contributed by atoms with Gasteiger partial charge in [-0.3, -0.25) is 0 Å². The maximum atomic E-state index is 12.8. The SMILES string of the molecule is N[C@H](CO)C[C@@H](O)c1cccc(F)c1. The highest BCUT2D eigenvalue weighted by atomic mass is 19.1. The van der Waals surface area contributed by atoms with Gasteiger partial charge in [0.1, 0.15) is 5.82 Å². The van der Waals surface area contributed by atoms with Gasteiger partial charge in [0.05, 0.1) is 12.7 Å². The minimum absolute atomic E-state index is 0.188. The molecule has 0 saturated carbocycles. The molecule has 1 aromatic carbocycles. The van der Waals surface area contributed by atoms with Gasteiger partial charge in [0.2, 0.25) is 0 Å². The van der Waals surface area contributed by atoms with Gasteiger partial charge < -0.3 is 15.9 Å². The zero-order chi connectivity index (χ0) is 10.6. The van der Waals surface area contributed by atoms with Crippen LogP contribution in [-0.4, -0.2) is 22.9 Å². The average Bonchev–Trinajstić information content (AvgIpc) is 2.17. The number of rotatable bonds is 4. The molecule has 0 fully saturated rings. The molecule has 0 unspecified atom stereocenters. The van der Waals surface area contributed by atoms with E-state index in [1.54, 1.807) is 6.07 Å². The number of aliphatic hydroxyl groups is 2. The zero-order valence-corrected chi connectivity index (χ0v) is 7.73. The Hall–Kier alpha value is -0.970. The number of benzene rings is 1. The van der Waals surface area contributed by atoms with Gasteiger partial charge >= 0.3 is 0 Å². The maximum absolute atomic E-state index is 12.8. The molecule has 0 radical (unpaired) electrons. The van der Waals surface area contributed by atoms with E-state index in [1.807, 2.05) is 0 Å². The van der Waals surface area contributed by atoms with Crippen molar-refractivity contribution in [3.8, 4) is 0 Å². The number of aliphatic hydroxyl groups excluding tert-OH is 2. The first-order valence-electron chi connectivity index (χ1n) is 4.43. The fraction of sp³-hybridized carbons (Fsp3) is 0.400. The van der Waals surface area contributed by atoms with Gasteiger partial charge in [-0.1, -0.05) is 12.1 Å². The molecule has 1 aromatic rings. The molecule has 1 rings (SSSR count).